The normalized spacial score (nSPS) is 26.7. The molecule has 2 aliphatic carbocycles. The third kappa shape index (κ3) is 5.13. The number of halogens is 2. The lowest BCUT2D eigenvalue weighted by atomic mass is 9.74. The minimum atomic E-state index is -0.730. The first-order chi connectivity index (χ1) is 15.1. The zero-order valence-electron chi connectivity index (χ0n) is 18.8. The molecule has 0 unspecified atom stereocenters. The minimum Gasteiger partial charge on any atom is -0.494 e. The molecule has 2 aromatic rings. The molecule has 168 valence electrons. The largest absolute Gasteiger partial charge is 0.494 e. The number of hydrogen-bond acceptors (Lipinski definition) is 1. The fourth-order valence-electron chi connectivity index (χ4n) is 5.83. The lowest BCUT2D eigenvalue weighted by Crippen LogP contribution is -2.17. The van der Waals surface area contributed by atoms with Crippen molar-refractivity contribution in [2.45, 2.75) is 77.0 Å². The number of allylic oxidation sites excluding steroid dienone is 1. The summed E-state index contributed by atoms with van der Waals surface area (Å²) in [6.07, 6.45) is 14.3. The van der Waals surface area contributed by atoms with Crippen LogP contribution in [-0.4, -0.2) is 6.61 Å². The van der Waals surface area contributed by atoms with Crippen LogP contribution in [0.15, 0.2) is 36.9 Å². The van der Waals surface area contributed by atoms with Crippen molar-refractivity contribution in [2.24, 2.45) is 17.8 Å². The molecule has 31 heavy (non-hydrogen) atoms. The standard InChI is InChI=1S/C28H36F2O/c1-3-19-5-7-20(8-6-19)9-10-21-11-13-22(14-12-21)25-17-23-15-16-24(31-4-2)18-26(23)28(30)27(25)29/h3,15-22H,1,4-14H2,2H3. The van der Waals surface area contributed by atoms with E-state index >= 15 is 0 Å². The third-order valence-corrected chi connectivity index (χ3v) is 7.82. The number of hydrogen-bond donors (Lipinski definition) is 0. The first-order valence-corrected chi connectivity index (χ1v) is 12.3. The van der Waals surface area contributed by atoms with E-state index in [1.165, 1.54) is 38.5 Å². The van der Waals surface area contributed by atoms with E-state index in [-0.39, 0.29) is 5.92 Å². The van der Waals surface area contributed by atoms with Crippen molar-refractivity contribution >= 4 is 10.8 Å². The average Bonchev–Trinajstić information content (AvgIpc) is 2.81. The molecule has 0 amide bonds. The predicted molar refractivity (Wildman–Crippen MR) is 125 cm³/mol. The maximum absolute atomic E-state index is 15.0. The Kier molecular flexibility index (Phi) is 7.30. The van der Waals surface area contributed by atoms with Gasteiger partial charge in [-0.1, -0.05) is 25.0 Å². The molecule has 0 bridgehead atoms. The molecule has 0 saturated heterocycles. The third-order valence-electron chi connectivity index (χ3n) is 7.82. The van der Waals surface area contributed by atoms with E-state index in [2.05, 4.69) is 12.7 Å². The van der Waals surface area contributed by atoms with Gasteiger partial charge in [-0.2, -0.15) is 0 Å². The first kappa shape index (κ1) is 22.3. The van der Waals surface area contributed by atoms with Crippen molar-refractivity contribution in [1.29, 1.82) is 0 Å². The van der Waals surface area contributed by atoms with Crippen LogP contribution in [0.4, 0.5) is 8.78 Å². The highest BCUT2D eigenvalue weighted by Crippen LogP contribution is 2.42. The maximum atomic E-state index is 15.0. The average molecular weight is 427 g/mol. The van der Waals surface area contributed by atoms with Crippen LogP contribution in [0.5, 0.6) is 5.75 Å². The van der Waals surface area contributed by atoms with E-state index in [0.717, 1.165) is 48.8 Å². The van der Waals surface area contributed by atoms with E-state index < -0.39 is 11.6 Å². The Morgan fingerprint density at radius 2 is 1.55 bits per heavy atom. The fraction of sp³-hybridized carbons (Fsp3) is 0.571. The predicted octanol–water partition coefficient (Wildman–Crippen LogP) is 8.56. The molecule has 0 aromatic heterocycles. The smallest absolute Gasteiger partial charge is 0.167 e. The molecule has 0 radical (unpaired) electrons. The number of benzene rings is 2. The lowest BCUT2D eigenvalue weighted by Gasteiger charge is -2.31. The Hall–Kier alpha value is -1.90. The van der Waals surface area contributed by atoms with Gasteiger partial charge in [0.05, 0.1) is 6.61 Å². The maximum Gasteiger partial charge on any atom is 0.167 e. The molecule has 2 fully saturated rings. The second-order valence-electron chi connectivity index (χ2n) is 9.72. The molecule has 0 atom stereocenters. The minimum absolute atomic E-state index is 0.129. The zero-order chi connectivity index (χ0) is 21.8. The molecule has 3 heteroatoms. The lowest BCUT2D eigenvalue weighted by molar-refractivity contribution is 0.245. The molecule has 0 heterocycles. The second-order valence-corrected chi connectivity index (χ2v) is 9.72. The van der Waals surface area contributed by atoms with Gasteiger partial charge in [0.1, 0.15) is 5.75 Å². The molecule has 2 aliphatic rings. The van der Waals surface area contributed by atoms with Gasteiger partial charge < -0.3 is 4.74 Å². The van der Waals surface area contributed by atoms with Crippen LogP contribution in [0.2, 0.25) is 0 Å². The Labute approximate surface area is 185 Å². The number of ether oxygens (including phenoxy) is 1. The number of rotatable bonds is 7. The van der Waals surface area contributed by atoms with E-state index in [1.54, 1.807) is 6.07 Å². The van der Waals surface area contributed by atoms with E-state index in [4.69, 9.17) is 4.74 Å². The molecule has 4 rings (SSSR count). The van der Waals surface area contributed by atoms with Gasteiger partial charge in [0, 0.05) is 5.39 Å². The van der Waals surface area contributed by atoms with Crippen LogP contribution < -0.4 is 4.74 Å². The summed E-state index contributed by atoms with van der Waals surface area (Å²) < 4.78 is 35.3. The van der Waals surface area contributed by atoms with Gasteiger partial charge >= 0.3 is 0 Å². The van der Waals surface area contributed by atoms with E-state index in [0.29, 0.717) is 23.3 Å². The van der Waals surface area contributed by atoms with Crippen LogP contribution in [-0.2, 0) is 0 Å². The summed E-state index contributed by atoms with van der Waals surface area (Å²) in [6, 6.07) is 7.17. The van der Waals surface area contributed by atoms with Gasteiger partial charge in [-0.3, -0.25) is 0 Å². The van der Waals surface area contributed by atoms with Gasteiger partial charge in [0.2, 0.25) is 0 Å². The van der Waals surface area contributed by atoms with Crippen molar-refractivity contribution in [3.63, 3.8) is 0 Å². The summed E-state index contributed by atoms with van der Waals surface area (Å²) in [7, 11) is 0. The Bertz CT molecular complexity index is 890. The molecular formula is C28H36F2O. The highest BCUT2D eigenvalue weighted by Gasteiger charge is 2.27. The summed E-state index contributed by atoms with van der Waals surface area (Å²) in [5, 5.41) is 1.07. The van der Waals surface area contributed by atoms with Crippen molar-refractivity contribution in [3.8, 4) is 5.75 Å². The quantitative estimate of drug-likeness (QED) is 0.403. The highest BCUT2D eigenvalue weighted by molar-refractivity contribution is 5.85. The Morgan fingerprint density at radius 1 is 0.903 bits per heavy atom. The van der Waals surface area contributed by atoms with Gasteiger partial charge in [0.15, 0.2) is 11.6 Å². The topological polar surface area (TPSA) is 9.23 Å². The molecular weight excluding hydrogens is 390 g/mol. The Morgan fingerprint density at radius 3 is 2.16 bits per heavy atom. The van der Waals surface area contributed by atoms with Crippen molar-refractivity contribution in [3.05, 3.63) is 54.1 Å². The van der Waals surface area contributed by atoms with E-state index in [9.17, 15) is 8.78 Å². The number of fused-ring (bicyclic) bond motifs is 1. The highest BCUT2D eigenvalue weighted by atomic mass is 19.2. The van der Waals surface area contributed by atoms with Crippen molar-refractivity contribution in [2.75, 3.05) is 6.61 Å². The summed E-state index contributed by atoms with van der Waals surface area (Å²) in [5.74, 6) is 1.67. The van der Waals surface area contributed by atoms with E-state index in [1.807, 2.05) is 25.1 Å². The van der Waals surface area contributed by atoms with Gasteiger partial charge in [-0.15, -0.1) is 6.58 Å². The van der Waals surface area contributed by atoms with Crippen molar-refractivity contribution in [1.82, 2.24) is 0 Å². The first-order valence-electron chi connectivity index (χ1n) is 12.3. The monoisotopic (exact) mass is 426 g/mol. The fourth-order valence-corrected chi connectivity index (χ4v) is 5.83. The second kappa shape index (κ2) is 10.1. The summed E-state index contributed by atoms with van der Waals surface area (Å²) in [5.41, 5.74) is 0.565. The van der Waals surface area contributed by atoms with Gasteiger partial charge in [0.25, 0.3) is 0 Å². The summed E-state index contributed by atoms with van der Waals surface area (Å²) in [4.78, 5) is 0. The SMILES string of the molecule is C=CC1CCC(CCC2CCC(c3cc4ccc(OCC)cc4c(F)c3F)CC2)CC1. The van der Waals surface area contributed by atoms with Crippen LogP contribution in [0.25, 0.3) is 10.8 Å². The molecule has 0 N–H and O–H groups in total. The molecule has 2 aromatic carbocycles. The molecule has 1 nitrogen and oxygen atoms in total. The zero-order valence-corrected chi connectivity index (χ0v) is 18.8. The summed E-state index contributed by atoms with van der Waals surface area (Å²) >= 11 is 0. The van der Waals surface area contributed by atoms with Crippen LogP contribution in [0, 0.1) is 29.4 Å². The van der Waals surface area contributed by atoms with Gasteiger partial charge in [-0.05, 0) is 111 Å². The van der Waals surface area contributed by atoms with Crippen LogP contribution in [0.1, 0.15) is 82.6 Å². The molecule has 2 saturated carbocycles. The van der Waals surface area contributed by atoms with Crippen LogP contribution >= 0.6 is 0 Å². The van der Waals surface area contributed by atoms with Gasteiger partial charge in [-0.25, -0.2) is 8.78 Å². The van der Waals surface area contributed by atoms with Crippen LogP contribution in [0.3, 0.4) is 0 Å². The molecule has 0 spiro atoms. The van der Waals surface area contributed by atoms with Crippen molar-refractivity contribution < 1.29 is 13.5 Å². The Balaban J connectivity index is 1.35. The summed E-state index contributed by atoms with van der Waals surface area (Å²) in [6.45, 7) is 6.33. The molecule has 0 aliphatic heterocycles.